The van der Waals surface area contributed by atoms with E-state index in [4.69, 9.17) is 9.47 Å². The van der Waals surface area contributed by atoms with Crippen molar-refractivity contribution in [2.75, 3.05) is 32.1 Å². The fourth-order valence-electron chi connectivity index (χ4n) is 3.86. The summed E-state index contributed by atoms with van der Waals surface area (Å²) in [6.45, 7) is 7.95. The molecule has 2 aromatic rings. The van der Waals surface area contributed by atoms with Gasteiger partial charge in [-0.05, 0) is 37.1 Å². The Morgan fingerprint density at radius 3 is 2.85 bits per heavy atom. The summed E-state index contributed by atoms with van der Waals surface area (Å²) in [7, 11) is 1.63. The molecule has 2 atom stereocenters. The number of anilines is 1. The van der Waals surface area contributed by atoms with E-state index in [-0.39, 0.29) is 12.1 Å². The van der Waals surface area contributed by atoms with Crippen LogP contribution in [-0.4, -0.2) is 32.7 Å². The fraction of sp³-hybridized carbons (Fsp3) is 0.450. The maximum Gasteiger partial charge on any atom is 0.256 e. The van der Waals surface area contributed by atoms with Crippen molar-refractivity contribution in [3.63, 3.8) is 0 Å². The van der Waals surface area contributed by atoms with Gasteiger partial charge in [-0.1, -0.05) is 6.07 Å². The van der Waals surface area contributed by atoms with Crippen LogP contribution in [0.4, 0.5) is 5.00 Å². The average molecular weight is 389 g/mol. The second-order valence-corrected chi connectivity index (χ2v) is 7.99. The fourth-order valence-corrected chi connectivity index (χ4v) is 5.20. The molecule has 0 saturated heterocycles. The number of nitrogens with one attached hydrogen (secondary N) is 3. The molecule has 6 nitrogen and oxygen atoms in total. The van der Waals surface area contributed by atoms with Gasteiger partial charge in [-0.15, -0.1) is 11.3 Å². The van der Waals surface area contributed by atoms with E-state index >= 15 is 0 Å². The van der Waals surface area contributed by atoms with Crippen molar-refractivity contribution in [2.24, 2.45) is 0 Å². The molecule has 3 heterocycles. The highest BCUT2D eigenvalue weighted by atomic mass is 32.1. The average Bonchev–Trinajstić information content (AvgIpc) is 3.06. The third-order valence-electron chi connectivity index (χ3n) is 5.33. The molecule has 4 rings (SSSR count). The van der Waals surface area contributed by atoms with Gasteiger partial charge in [0.25, 0.3) is 5.91 Å². The normalized spacial score (nSPS) is 20.9. The smallest absolute Gasteiger partial charge is 0.256 e. The second kappa shape index (κ2) is 7.40. The van der Waals surface area contributed by atoms with Crippen LogP contribution in [-0.2, 0) is 13.0 Å². The molecule has 1 amide bonds. The molecule has 2 aliphatic rings. The SMILES string of the molecule is CCOc1cc([C@@H]2NC(=O)c3c(sc4c3CC[NH+](CC)C4)N2)ccc1OC. The number of amides is 1. The van der Waals surface area contributed by atoms with Crippen molar-refractivity contribution in [3.8, 4) is 11.5 Å². The molecule has 7 heteroatoms. The van der Waals surface area contributed by atoms with E-state index in [1.54, 1.807) is 23.3 Å². The number of carbonyl (C=O) groups excluding carboxylic acids is 1. The van der Waals surface area contributed by atoms with E-state index in [0.29, 0.717) is 18.1 Å². The molecule has 1 aromatic heterocycles. The topological polar surface area (TPSA) is 64.0 Å². The lowest BCUT2D eigenvalue weighted by atomic mass is 10.0. The molecule has 0 fully saturated rings. The molecule has 144 valence electrons. The first-order valence-electron chi connectivity index (χ1n) is 9.50. The first-order chi connectivity index (χ1) is 13.1. The molecule has 3 N–H and O–H groups in total. The lowest BCUT2D eigenvalue weighted by Crippen LogP contribution is -3.11. The first-order valence-corrected chi connectivity index (χ1v) is 10.3. The maximum absolute atomic E-state index is 12.9. The number of ether oxygens (including phenoxy) is 2. The Balaban J connectivity index is 1.63. The Hall–Kier alpha value is -2.25. The van der Waals surface area contributed by atoms with Gasteiger partial charge in [0, 0.05) is 6.42 Å². The summed E-state index contributed by atoms with van der Waals surface area (Å²) in [5, 5.41) is 7.62. The summed E-state index contributed by atoms with van der Waals surface area (Å²) >= 11 is 1.73. The van der Waals surface area contributed by atoms with Gasteiger partial charge in [0.05, 0.1) is 37.2 Å². The van der Waals surface area contributed by atoms with Crippen LogP contribution >= 0.6 is 11.3 Å². The van der Waals surface area contributed by atoms with Gasteiger partial charge in [0.1, 0.15) is 17.7 Å². The molecular formula is C20H26N3O3S+. The highest BCUT2D eigenvalue weighted by molar-refractivity contribution is 7.16. The number of rotatable bonds is 5. The van der Waals surface area contributed by atoms with Gasteiger partial charge < -0.3 is 25.0 Å². The van der Waals surface area contributed by atoms with Crippen LogP contribution < -0.4 is 25.0 Å². The Labute approximate surface area is 163 Å². The molecule has 0 aliphatic carbocycles. The van der Waals surface area contributed by atoms with Gasteiger partial charge in [0.2, 0.25) is 0 Å². The van der Waals surface area contributed by atoms with Gasteiger partial charge >= 0.3 is 0 Å². The minimum Gasteiger partial charge on any atom is -0.493 e. The molecule has 2 aliphatic heterocycles. The van der Waals surface area contributed by atoms with Gasteiger partial charge in [-0.25, -0.2) is 0 Å². The monoisotopic (exact) mass is 388 g/mol. The van der Waals surface area contributed by atoms with E-state index < -0.39 is 0 Å². The molecular weight excluding hydrogens is 362 g/mol. The van der Waals surface area contributed by atoms with Crippen LogP contribution in [0.2, 0.25) is 0 Å². The van der Waals surface area contributed by atoms with Crippen LogP contribution in [0.1, 0.15) is 46.4 Å². The lowest BCUT2D eigenvalue weighted by Gasteiger charge is -2.27. The minimum atomic E-state index is -0.273. The number of thiophene rings is 1. The van der Waals surface area contributed by atoms with E-state index in [1.165, 1.54) is 10.4 Å². The zero-order valence-electron chi connectivity index (χ0n) is 16.0. The number of carbonyl (C=O) groups is 1. The van der Waals surface area contributed by atoms with Crippen LogP contribution in [0.5, 0.6) is 11.5 Å². The summed E-state index contributed by atoms with van der Waals surface area (Å²) < 4.78 is 11.0. The number of benzene rings is 1. The van der Waals surface area contributed by atoms with Crippen LogP contribution in [0.3, 0.4) is 0 Å². The number of quaternary nitrogens is 1. The Bertz CT molecular complexity index is 864. The Morgan fingerprint density at radius 2 is 2.11 bits per heavy atom. The Morgan fingerprint density at radius 1 is 1.26 bits per heavy atom. The van der Waals surface area contributed by atoms with Crippen molar-refractivity contribution in [1.29, 1.82) is 0 Å². The summed E-state index contributed by atoms with van der Waals surface area (Å²) in [6, 6.07) is 5.77. The number of hydrogen-bond acceptors (Lipinski definition) is 5. The van der Waals surface area contributed by atoms with E-state index in [1.807, 2.05) is 25.1 Å². The number of likely N-dealkylation sites (N-methyl/N-ethyl adjacent to an activating group) is 1. The van der Waals surface area contributed by atoms with Crippen molar-refractivity contribution in [3.05, 3.63) is 39.8 Å². The standard InChI is InChI=1S/C20H25N3O3S/c1-4-23-9-8-13-16(11-23)27-20-17(13)19(24)21-18(22-20)12-6-7-14(25-3)15(10-12)26-5-2/h6-7,10,18,22H,4-5,8-9,11H2,1-3H3,(H,21,24)/p+1/t18-/m1/s1. The molecule has 0 radical (unpaired) electrons. The predicted octanol–water partition coefficient (Wildman–Crippen LogP) is 1.97. The third-order valence-corrected chi connectivity index (χ3v) is 6.49. The second-order valence-electron chi connectivity index (χ2n) is 6.88. The van der Waals surface area contributed by atoms with Crippen molar-refractivity contribution in [2.45, 2.75) is 33.0 Å². The lowest BCUT2D eigenvalue weighted by molar-refractivity contribution is -0.913. The maximum atomic E-state index is 12.9. The summed E-state index contributed by atoms with van der Waals surface area (Å²) in [6.07, 6.45) is 0.700. The van der Waals surface area contributed by atoms with Gasteiger partial charge in [0.15, 0.2) is 11.5 Å². The predicted molar refractivity (Wildman–Crippen MR) is 106 cm³/mol. The van der Waals surface area contributed by atoms with E-state index in [0.717, 1.165) is 42.2 Å². The minimum absolute atomic E-state index is 0.0139. The zero-order valence-corrected chi connectivity index (χ0v) is 16.8. The first kappa shape index (κ1) is 18.1. The van der Waals surface area contributed by atoms with Crippen molar-refractivity contribution in [1.82, 2.24) is 5.32 Å². The van der Waals surface area contributed by atoms with Crippen LogP contribution in [0.15, 0.2) is 18.2 Å². The number of fused-ring (bicyclic) bond motifs is 3. The highest BCUT2D eigenvalue weighted by Gasteiger charge is 2.34. The van der Waals surface area contributed by atoms with E-state index in [9.17, 15) is 4.79 Å². The molecule has 27 heavy (non-hydrogen) atoms. The number of methoxy groups -OCH3 is 1. The van der Waals surface area contributed by atoms with Crippen molar-refractivity contribution >= 4 is 22.2 Å². The quantitative estimate of drug-likeness (QED) is 0.733. The van der Waals surface area contributed by atoms with Gasteiger partial charge in [-0.2, -0.15) is 0 Å². The van der Waals surface area contributed by atoms with Crippen LogP contribution in [0.25, 0.3) is 0 Å². The Kier molecular flexibility index (Phi) is 4.97. The zero-order chi connectivity index (χ0) is 19.0. The molecule has 0 bridgehead atoms. The molecule has 0 saturated carbocycles. The highest BCUT2D eigenvalue weighted by Crippen LogP contribution is 2.40. The molecule has 1 aromatic carbocycles. The summed E-state index contributed by atoms with van der Waals surface area (Å²) in [4.78, 5) is 15.8. The molecule has 0 spiro atoms. The largest absolute Gasteiger partial charge is 0.493 e. The third kappa shape index (κ3) is 3.26. The van der Waals surface area contributed by atoms with Crippen molar-refractivity contribution < 1.29 is 19.2 Å². The summed E-state index contributed by atoms with van der Waals surface area (Å²) in [5.41, 5.74) is 3.03. The number of hydrogen-bond donors (Lipinski definition) is 3. The van der Waals surface area contributed by atoms with E-state index in [2.05, 4.69) is 17.6 Å². The molecule has 1 unspecified atom stereocenters. The van der Waals surface area contributed by atoms with Crippen LogP contribution in [0, 0.1) is 0 Å². The summed E-state index contributed by atoms with van der Waals surface area (Å²) in [5.74, 6) is 1.39. The van der Waals surface area contributed by atoms with Gasteiger partial charge in [-0.3, -0.25) is 4.79 Å².